The van der Waals surface area contributed by atoms with Gasteiger partial charge in [0.15, 0.2) is 0 Å². The molecule has 3 aliphatic rings. The highest BCUT2D eigenvalue weighted by Gasteiger charge is 2.72. The van der Waals surface area contributed by atoms with Crippen LogP contribution in [0.3, 0.4) is 0 Å². The highest BCUT2D eigenvalue weighted by Crippen LogP contribution is 2.80. The van der Waals surface area contributed by atoms with E-state index in [-0.39, 0.29) is 0 Å². The summed E-state index contributed by atoms with van der Waals surface area (Å²) in [4.78, 5) is 0. The zero-order chi connectivity index (χ0) is 10.9. The smallest absolute Gasteiger partial charge is 0.00455 e. The van der Waals surface area contributed by atoms with Gasteiger partial charge in [0.25, 0.3) is 0 Å². The minimum atomic E-state index is 0.518. The van der Waals surface area contributed by atoms with Crippen LogP contribution in [0.1, 0.15) is 47.0 Å². The second kappa shape index (κ2) is 2.42. The van der Waals surface area contributed by atoms with Gasteiger partial charge < -0.3 is 0 Å². The van der Waals surface area contributed by atoms with Crippen LogP contribution in [0.5, 0.6) is 0 Å². The molecule has 0 aromatic rings. The minimum Gasteiger partial charge on any atom is -0.0839 e. The van der Waals surface area contributed by atoms with Gasteiger partial charge in [0.2, 0.25) is 0 Å². The van der Waals surface area contributed by atoms with E-state index in [0.717, 1.165) is 5.92 Å². The third kappa shape index (κ3) is 0.940. The van der Waals surface area contributed by atoms with E-state index in [1.807, 2.05) is 0 Å². The maximum atomic E-state index is 2.50. The van der Waals surface area contributed by atoms with Crippen LogP contribution in [0.25, 0.3) is 0 Å². The lowest BCUT2D eigenvalue weighted by atomic mass is 9.58. The van der Waals surface area contributed by atoms with Gasteiger partial charge in [-0.1, -0.05) is 51.5 Å². The summed E-state index contributed by atoms with van der Waals surface area (Å²) in [6.45, 7) is 9.95. The average Bonchev–Trinajstić information content (AvgIpc) is 2.73. The fourth-order valence-electron chi connectivity index (χ4n) is 4.42. The van der Waals surface area contributed by atoms with Crippen molar-refractivity contribution in [2.45, 2.75) is 47.0 Å². The zero-order valence-electron chi connectivity index (χ0n) is 10.4. The van der Waals surface area contributed by atoms with Gasteiger partial charge in [-0.3, -0.25) is 0 Å². The van der Waals surface area contributed by atoms with Gasteiger partial charge in [-0.25, -0.2) is 0 Å². The van der Waals surface area contributed by atoms with Crippen molar-refractivity contribution >= 4 is 0 Å². The van der Waals surface area contributed by atoms with E-state index in [1.54, 1.807) is 5.57 Å². The quantitative estimate of drug-likeness (QED) is 0.548. The Hall–Kier alpha value is -0.520. The number of hydrogen-bond donors (Lipinski definition) is 0. The Balaban J connectivity index is 2.08. The molecule has 3 aliphatic carbocycles. The summed E-state index contributed by atoms with van der Waals surface area (Å²) in [6.07, 6.45) is 11.1. The molecule has 0 nitrogen and oxygen atoms in total. The minimum absolute atomic E-state index is 0.518. The monoisotopic (exact) mass is 202 g/mol. The first kappa shape index (κ1) is 9.69. The van der Waals surface area contributed by atoms with Crippen LogP contribution < -0.4 is 0 Å². The highest BCUT2D eigenvalue weighted by molar-refractivity contribution is 5.40. The highest BCUT2D eigenvalue weighted by atomic mass is 14.8. The average molecular weight is 202 g/mol. The van der Waals surface area contributed by atoms with Gasteiger partial charge >= 0.3 is 0 Å². The Morgan fingerprint density at radius 2 is 1.93 bits per heavy atom. The Morgan fingerprint density at radius 1 is 1.20 bits per heavy atom. The summed E-state index contributed by atoms with van der Waals surface area (Å²) in [5.74, 6) is 0.838. The molecule has 0 aliphatic heterocycles. The van der Waals surface area contributed by atoms with E-state index in [9.17, 15) is 0 Å². The van der Waals surface area contributed by atoms with Gasteiger partial charge in [-0.05, 0) is 41.4 Å². The van der Waals surface area contributed by atoms with E-state index in [4.69, 9.17) is 0 Å². The van der Waals surface area contributed by atoms with Crippen molar-refractivity contribution in [3.05, 3.63) is 23.8 Å². The molecule has 0 heterocycles. The van der Waals surface area contributed by atoms with E-state index in [0.29, 0.717) is 16.2 Å². The number of hydrogen-bond acceptors (Lipinski definition) is 0. The standard InChI is InChI=1S/C15H22/c1-13(2)9-11-7-5-6-8-12(11)14(3)10-15(13,14)4/h5-6,8,11H,7,9-10H2,1-4H3. The Kier molecular flexibility index (Phi) is 1.56. The van der Waals surface area contributed by atoms with Crippen LogP contribution in [-0.4, -0.2) is 0 Å². The molecule has 0 saturated heterocycles. The lowest BCUT2D eigenvalue weighted by Gasteiger charge is -2.46. The van der Waals surface area contributed by atoms with Crippen LogP contribution in [-0.2, 0) is 0 Å². The Morgan fingerprint density at radius 3 is 2.67 bits per heavy atom. The molecule has 3 rings (SSSR count). The summed E-state index contributed by atoms with van der Waals surface area (Å²) < 4.78 is 0. The van der Waals surface area contributed by atoms with Gasteiger partial charge in [0.05, 0.1) is 0 Å². The van der Waals surface area contributed by atoms with Crippen LogP contribution in [0, 0.1) is 22.2 Å². The molecule has 82 valence electrons. The molecule has 0 heteroatoms. The maximum Gasteiger partial charge on any atom is -0.00455 e. The molecule has 0 aromatic carbocycles. The zero-order valence-corrected chi connectivity index (χ0v) is 10.4. The van der Waals surface area contributed by atoms with E-state index >= 15 is 0 Å². The van der Waals surface area contributed by atoms with Gasteiger partial charge in [-0.15, -0.1) is 0 Å². The molecule has 0 bridgehead atoms. The van der Waals surface area contributed by atoms with Crippen LogP contribution in [0.15, 0.2) is 23.8 Å². The van der Waals surface area contributed by atoms with Crippen molar-refractivity contribution in [3.63, 3.8) is 0 Å². The first-order valence-electron chi connectivity index (χ1n) is 6.28. The molecule has 0 amide bonds. The molecule has 3 atom stereocenters. The third-order valence-corrected chi connectivity index (χ3v) is 5.96. The summed E-state index contributed by atoms with van der Waals surface area (Å²) in [5, 5.41) is 0. The van der Waals surface area contributed by atoms with E-state index < -0.39 is 0 Å². The van der Waals surface area contributed by atoms with Crippen molar-refractivity contribution in [1.29, 1.82) is 0 Å². The topological polar surface area (TPSA) is 0 Å². The predicted octanol–water partition coefficient (Wildman–Crippen LogP) is 4.34. The van der Waals surface area contributed by atoms with Crippen molar-refractivity contribution in [2.75, 3.05) is 0 Å². The van der Waals surface area contributed by atoms with Crippen molar-refractivity contribution < 1.29 is 0 Å². The van der Waals surface area contributed by atoms with Crippen LogP contribution >= 0.6 is 0 Å². The summed E-state index contributed by atoms with van der Waals surface area (Å²) in [6, 6.07) is 0. The molecule has 3 unspecified atom stereocenters. The predicted molar refractivity (Wildman–Crippen MR) is 64.6 cm³/mol. The summed E-state index contributed by atoms with van der Waals surface area (Å²) in [7, 11) is 0. The maximum absolute atomic E-state index is 2.50. The molecular weight excluding hydrogens is 180 g/mol. The molecule has 0 spiro atoms. The van der Waals surface area contributed by atoms with Crippen molar-refractivity contribution in [2.24, 2.45) is 22.2 Å². The number of rotatable bonds is 0. The van der Waals surface area contributed by atoms with Crippen LogP contribution in [0.4, 0.5) is 0 Å². The van der Waals surface area contributed by atoms with Crippen LogP contribution in [0.2, 0.25) is 0 Å². The summed E-state index contributed by atoms with van der Waals surface area (Å²) in [5.41, 5.74) is 3.36. The molecule has 2 fully saturated rings. The fourth-order valence-corrected chi connectivity index (χ4v) is 4.42. The van der Waals surface area contributed by atoms with E-state index in [1.165, 1.54) is 19.3 Å². The second-order valence-corrected chi connectivity index (χ2v) is 6.91. The van der Waals surface area contributed by atoms with Gasteiger partial charge in [0, 0.05) is 0 Å². The molecule has 0 aromatic heterocycles. The first-order chi connectivity index (χ1) is 6.91. The lowest BCUT2D eigenvalue weighted by Crippen LogP contribution is -2.38. The summed E-state index contributed by atoms with van der Waals surface area (Å²) >= 11 is 0. The Bertz CT molecular complexity index is 371. The lowest BCUT2D eigenvalue weighted by molar-refractivity contribution is 0.0950. The third-order valence-electron chi connectivity index (χ3n) is 5.96. The van der Waals surface area contributed by atoms with Crippen molar-refractivity contribution in [1.82, 2.24) is 0 Å². The van der Waals surface area contributed by atoms with Gasteiger partial charge in [-0.2, -0.15) is 0 Å². The normalized spacial score (nSPS) is 50.4. The van der Waals surface area contributed by atoms with Gasteiger partial charge in [0.1, 0.15) is 0 Å². The fraction of sp³-hybridized carbons (Fsp3) is 0.733. The molecular formula is C15H22. The van der Waals surface area contributed by atoms with E-state index in [2.05, 4.69) is 45.9 Å². The first-order valence-corrected chi connectivity index (χ1v) is 6.28. The number of allylic oxidation sites excluding steroid dienone is 4. The SMILES string of the molecule is CC1(C)CC2CC=CC=C2C2(C)CC12C. The second-order valence-electron chi connectivity index (χ2n) is 6.91. The van der Waals surface area contributed by atoms with Crippen molar-refractivity contribution in [3.8, 4) is 0 Å². The Labute approximate surface area is 93.5 Å². The molecule has 0 N–H and O–H groups in total. The largest absolute Gasteiger partial charge is 0.0839 e. The molecule has 2 saturated carbocycles. The molecule has 15 heavy (non-hydrogen) atoms. The number of fused-ring (bicyclic) bond motifs is 3. The molecule has 0 radical (unpaired) electrons.